The number of carboxylic acid groups (broad SMARTS) is 1. The normalized spacial score (nSPS) is 13.5. The van der Waals surface area contributed by atoms with Gasteiger partial charge in [-0.25, -0.2) is 9.59 Å². The Labute approximate surface area is 145 Å². The summed E-state index contributed by atoms with van der Waals surface area (Å²) in [6, 6.07) is 6.21. The maximum atomic E-state index is 12.5. The Morgan fingerprint density at radius 3 is 2.17 bits per heavy atom. The Hall–Kier alpha value is -1.84. The highest BCUT2D eigenvalue weighted by Gasteiger charge is 2.24. The van der Waals surface area contributed by atoms with Crippen LogP contribution in [0.1, 0.15) is 80.5 Å². The molecule has 2 atom stereocenters. The molecule has 134 valence electrons. The summed E-state index contributed by atoms with van der Waals surface area (Å²) >= 11 is 0. The summed E-state index contributed by atoms with van der Waals surface area (Å²) < 4.78 is 5.68. The lowest BCUT2D eigenvalue weighted by molar-refractivity contribution is 0.0118. The maximum Gasteiger partial charge on any atom is 0.339 e. The smallest absolute Gasteiger partial charge is 0.339 e. The largest absolute Gasteiger partial charge is 0.478 e. The van der Waals surface area contributed by atoms with Crippen LogP contribution in [0.4, 0.5) is 0 Å². The molecule has 0 bridgehead atoms. The van der Waals surface area contributed by atoms with Crippen molar-refractivity contribution in [2.45, 2.75) is 65.9 Å². The number of benzene rings is 1. The lowest BCUT2D eigenvalue weighted by Crippen LogP contribution is -2.26. The van der Waals surface area contributed by atoms with E-state index in [0.29, 0.717) is 5.92 Å². The number of hydrogen-bond donors (Lipinski definition) is 1. The fourth-order valence-corrected chi connectivity index (χ4v) is 2.67. The molecule has 0 aromatic heterocycles. The van der Waals surface area contributed by atoms with E-state index in [1.54, 1.807) is 12.1 Å². The lowest BCUT2D eigenvalue weighted by atomic mass is 9.95. The number of unbranched alkanes of at least 4 members (excludes halogenated alkanes) is 1. The second kappa shape index (κ2) is 10.1. The summed E-state index contributed by atoms with van der Waals surface area (Å²) in [5.74, 6) is -0.719. The van der Waals surface area contributed by atoms with Gasteiger partial charge in [0.25, 0.3) is 0 Å². The molecule has 1 rings (SSSR count). The minimum absolute atomic E-state index is 0.00907. The SMILES string of the molecule is CCC(C)C(CCCCC(C)C)OC(=O)c1ccccc1C(=O)O. The number of carboxylic acids is 1. The van der Waals surface area contributed by atoms with Crippen LogP contribution in [-0.4, -0.2) is 23.1 Å². The summed E-state index contributed by atoms with van der Waals surface area (Å²) in [5.41, 5.74) is 0.116. The van der Waals surface area contributed by atoms with Crippen LogP contribution in [0.15, 0.2) is 24.3 Å². The number of rotatable bonds is 10. The molecule has 2 unspecified atom stereocenters. The number of hydrogen-bond acceptors (Lipinski definition) is 3. The van der Waals surface area contributed by atoms with Crippen LogP contribution in [0.25, 0.3) is 0 Å². The average Bonchev–Trinajstić information content (AvgIpc) is 2.56. The molecule has 24 heavy (non-hydrogen) atoms. The van der Waals surface area contributed by atoms with Gasteiger partial charge in [0.1, 0.15) is 6.10 Å². The highest BCUT2D eigenvalue weighted by Crippen LogP contribution is 2.21. The zero-order valence-corrected chi connectivity index (χ0v) is 15.2. The minimum atomic E-state index is -1.11. The Morgan fingerprint density at radius 1 is 1.04 bits per heavy atom. The Balaban J connectivity index is 2.75. The van der Waals surface area contributed by atoms with E-state index in [-0.39, 0.29) is 23.1 Å². The lowest BCUT2D eigenvalue weighted by Gasteiger charge is -2.24. The topological polar surface area (TPSA) is 63.6 Å². The van der Waals surface area contributed by atoms with E-state index in [0.717, 1.165) is 25.7 Å². The Morgan fingerprint density at radius 2 is 1.62 bits per heavy atom. The van der Waals surface area contributed by atoms with E-state index in [4.69, 9.17) is 4.74 Å². The maximum absolute atomic E-state index is 12.5. The molecule has 0 saturated carbocycles. The van der Waals surface area contributed by atoms with Crippen molar-refractivity contribution in [1.82, 2.24) is 0 Å². The summed E-state index contributed by atoms with van der Waals surface area (Å²) in [5, 5.41) is 9.22. The third kappa shape index (κ3) is 6.34. The van der Waals surface area contributed by atoms with Gasteiger partial charge < -0.3 is 9.84 Å². The molecule has 0 aliphatic rings. The average molecular weight is 334 g/mol. The van der Waals surface area contributed by atoms with E-state index >= 15 is 0 Å². The van der Waals surface area contributed by atoms with Gasteiger partial charge in [0.2, 0.25) is 0 Å². The molecule has 0 saturated heterocycles. The van der Waals surface area contributed by atoms with Crippen LogP contribution in [0.3, 0.4) is 0 Å². The molecule has 4 heteroatoms. The van der Waals surface area contributed by atoms with E-state index < -0.39 is 11.9 Å². The van der Waals surface area contributed by atoms with E-state index in [9.17, 15) is 14.7 Å². The molecule has 1 N–H and O–H groups in total. The zero-order chi connectivity index (χ0) is 18.1. The predicted octanol–water partition coefficient (Wildman–Crippen LogP) is 5.17. The molecular formula is C20H30O4. The highest BCUT2D eigenvalue weighted by molar-refractivity contribution is 6.02. The summed E-state index contributed by atoms with van der Waals surface area (Å²) in [6.07, 6.45) is 4.88. The summed E-state index contributed by atoms with van der Waals surface area (Å²) in [6.45, 7) is 8.55. The van der Waals surface area contributed by atoms with Gasteiger partial charge in [-0.1, -0.05) is 59.1 Å². The van der Waals surface area contributed by atoms with Crippen molar-refractivity contribution in [1.29, 1.82) is 0 Å². The second-order valence-corrected chi connectivity index (χ2v) is 6.86. The van der Waals surface area contributed by atoms with Crippen molar-refractivity contribution in [2.75, 3.05) is 0 Å². The van der Waals surface area contributed by atoms with E-state index in [1.807, 2.05) is 0 Å². The van der Waals surface area contributed by atoms with Crippen molar-refractivity contribution >= 4 is 11.9 Å². The van der Waals surface area contributed by atoms with Crippen molar-refractivity contribution in [3.05, 3.63) is 35.4 Å². The Bertz CT molecular complexity index is 536. The number of carbonyl (C=O) groups excluding carboxylic acids is 1. The predicted molar refractivity (Wildman–Crippen MR) is 95.4 cm³/mol. The molecule has 0 heterocycles. The van der Waals surface area contributed by atoms with Gasteiger partial charge in [0.15, 0.2) is 0 Å². The second-order valence-electron chi connectivity index (χ2n) is 6.86. The van der Waals surface area contributed by atoms with Gasteiger partial charge in [0, 0.05) is 0 Å². The van der Waals surface area contributed by atoms with Gasteiger partial charge in [-0.15, -0.1) is 0 Å². The third-order valence-electron chi connectivity index (χ3n) is 4.43. The molecule has 0 aliphatic carbocycles. The number of carbonyl (C=O) groups is 2. The molecule has 0 fully saturated rings. The van der Waals surface area contributed by atoms with Crippen molar-refractivity contribution in [3.63, 3.8) is 0 Å². The van der Waals surface area contributed by atoms with Gasteiger partial charge in [-0.05, 0) is 36.8 Å². The fourth-order valence-electron chi connectivity index (χ4n) is 2.67. The van der Waals surface area contributed by atoms with Crippen molar-refractivity contribution in [2.24, 2.45) is 11.8 Å². The van der Waals surface area contributed by atoms with Gasteiger partial charge in [-0.3, -0.25) is 0 Å². The molecule has 0 amide bonds. The molecule has 0 spiro atoms. The molecule has 0 aliphatic heterocycles. The van der Waals surface area contributed by atoms with Crippen LogP contribution in [0, 0.1) is 11.8 Å². The quantitative estimate of drug-likeness (QED) is 0.473. The minimum Gasteiger partial charge on any atom is -0.478 e. The standard InChI is InChI=1S/C20H30O4/c1-5-15(4)18(13-9-6-10-14(2)3)24-20(23)17-12-8-7-11-16(17)19(21)22/h7-8,11-12,14-15,18H,5-6,9-10,13H2,1-4H3,(H,21,22). The highest BCUT2D eigenvalue weighted by atomic mass is 16.5. The molecule has 4 nitrogen and oxygen atoms in total. The molecule has 0 radical (unpaired) electrons. The van der Waals surface area contributed by atoms with Crippen LogP contribution in [0.5, 0.6) is 0 Å². The number of aromatic carboxylic acids is 1. The summed E-state index contributed by atoms with van der Waals surface area (Å²) in [4.78, 5) is 23.7. The first kappa shape index (κ1) is 20.2. The van der Waals surface area contributed by atoms with Crippen molar-refractivity contribution in [3.8, 4) is 0 Å². The van der Waals surface area contributed by atoms with Gasteiger partial charge in [-0.2, -0.15) is 0 Å². The third-order valence-corrected chi connectivity index (χ3v) is 4.43. The van der Waals surface area contributed by atoms with E-state index in [1.165, 1.54) is 18.6 Å². The molecule has 1 aromatic carbocycles. The molecular weight excluding hydrogens is 304 g/mol. The first-order chi connectivity index (χ1) is 11.4. The zero-order valence-electron chi connectivity index (χ0n) is 15.2. The number of ether oxygens (including phenoxy) is 1. The first-order valence-electron chi connectivity index (χ1n) is 8.90. The monoisotopic (exact) mass is 334 g/mol. The van der Waals surface area contributed by atoms with Gasteiger partial charge >= 0.3 is 11.9 Å². The molecule has 1 aromatic rings. The Kier molecular flexibility index (Phi) is 8.51. The van der Waals surface area contributed by atoms with Crippen LogP contribution < -0.4 is 0 Å². The van der Waals surface area contributed by atoms with Crippen LogP contribution >= 0.6 is 0 Å². The van der Waals surface area contributed by atoms with E-state index in [2.05, 4.69) is 27.7 Å². The van der Waals surface area contributed by atoms with Crippen molar-refractivity contribution < 1.29 is 19.4 Å². The summed E-state index contributed by atoms with van der Waals surface area (Å²) in [7, 11) is 0. The van der Waals surface area contributed by atoms with Crippen LogP contribution in [0.2, 0.25) is 0 Å². The van der Waals surface area contributed by atoms with Crippen LogP contribution in [-0.2, 0) is 4.74 Å². The van der Waals surface area contributed by atoms with Gasteiger partial charge in [0.05, 0.1) is 11.1 Å². The fraction of sp³-hybridized carbons (Fsp3) is 0.600. The number of esters is 1. The first-order valence-corrected chi connectivity index (χ1v) is 8.90.